The fourth-order valence-corrected chi connectivity index (χ4v) is 2.99. The smallest absolute Gasteiger partial charge is 0.137 e. The van der Waals surface area contributed by atoms with Crippen LogP contribution in [-0.2, 0) is 6.42 Å². The van der Waals surface area contributed by atoms with Crippen molar-refractivity contribution < 1.29 is 0 Å². The summed E-state index contributed by atoms with van der Waals surface area (Å²) in [5, 5.41) is 4.22. The average Bonchev–Trinajstić information content (AvgIpc) is 2.38. The van der Waals surface area contributed by atoms with E-state index in [2.05, 4.69) is 22.2 Å². The van der Waals surface area contributed by atoms with Gasteiger partial charge in [0.15, 0.2) is 0 Å². The molecule has 0 radical (unpaired) electrons. The predicted octanol–water partition coefficient (Wildman–Crippen LogP) is 4.92. The van der Waals surface area contributed by atoms with Crippen LogP contribution in [0, 0.1) is 6.92 Å². The highest BCUT2D eigenvalue weighted by atomic mass is 35.5. The van der Waals surface area contributed by atoms with Gasteiger partial charge >= 0.3 is 0 Å². The summed E-state index contributed by atoms with van der Waals surface area (Å²) in [5.41, 5.74) is 0.980. The van der Waals surface area contributed by atoms with Gasteiger partial charge in [-0.25, -0.2) is 9.97 Å². The fourth-order valence-electron chi connectivity index (χ4n) is 2.80. The topological polar surface area (TPSA) is 37.8 Å². The molecule has 0 saturated heterocycles. The first-order valence-corrected chi connectivity index (χ1v) is 8.38. The van der Waals surface area contributed by atoms with Crippen molar-refractivity contribution in [1.29, 1.82) is 0 Å². The monoisotopic (exact) mass is 295 g/mol. The van der Waals surface area contributed by atoms with Crippen molar-refractivity contribution in [3.05, 3.63) is 16.5 Å². The number of anilines is 1. The van der Waals surface area contributed by atoms with Gasteiger partial charge in [-0.15, -0.1) is 0 Å². The van der Waals surface area contributed by atoms with Crippen LogP contribution in [0.2, 0.25) is 5.15 Å². The molecule has 1 aliphatic rings. The predicted molar refractivity (Wildman–Crippen MR) is 85.5 cm³/mol. The molecule has 1 aromatic rings. The van der Waals surface area contributed by atoms with Gasteiger partial charge in [-0.2, -0.15) is 0 Å². The zero-order valence-electron chi connectivity index (χ0n) is 12.7. The third kappa shape index (κ3) is 4.34. The van der Waals surface area contributed by atoms with Gasteiger partial charge in [-0.3, -0.25) is 0 Å². The Kier molecular flexibility index (Phi) is 6.08. The molecule has 1 aliphatic carbocycles. The van der Waals surface area contributed by atoms with Gasteiger partial charge in [0, 0.05) is 18.0 Å². The molecule has 0 aromatic carbocycles. The van der Waals surface area contributed by atoms with Crippen molar-refractivity contribution in [2.75, 3.05) is 5.32 Å². The number of halogens is 1. The van der Waals surface area contributed by atoms with Crippen LogP contribution in [0.4, 0.5) is 5.82 Å². The Morgan fingerprint density at radius 3 is 2.40 bits per heavy atom. The zero-order chi connectivity index (χ0) is 14.4. The summed E-state index contributed by atoms with van der Waals surface area (Å²) in [6.45, 7) is 4.14. The van der Waals surface area contributed by atoms with Gasteiger partial charge in [-0.1, -0.05) is 50.6 Å². The van der Waals surface area contributed by atoms with Crippen LogP contribution in [0.5, 0.6) is 0 Å². The standard InChI is InChI=1S/C16H26ClN3/c1-3-9-14-19-15(17)12(2)16(20-14)18-13-10-7-5-4-6-8-11-13/h13H,3-11H2,1-2H3,(H,18,19,20). The molecule has 0 unspecified atom stereocenters. The highest BCUT2D eigenvalue weighted by Gasteiger charge is 2.15. The van der Waals surface area contributed by atoms with Crippen molar-refractivity contribution in [2.24, 2.45) is 0 Å². The van der Waals surface area contributed by atoms with Crippen molar-refractivity contribution in [2.45, 2.75) is 77.7 Å². The number of rotatable bonds is 4. The second kappa shape index (κ2) is 7.82. The summed E-state index contributed by atoms with van der Waals surface area (Å²) in [7, 11) is 0. The summed E-state index contributed by atoms with van der Waals surface area (Å²) in [6.07, 6.45) is 11.2. The van der Waals surface area contributed by atoms with E-state index in [4.69, 9.17) is 11.6 Å². The molecule has 1 saturated carbocycles. The minimum Gasteiger partial charge on any atom is -0.367 e. The molecule has 4 heteroatoms. The Balaban J connectivity index is 2.09. The molecular formula is C16H26ClN3. The molecule has 0 amide bonds. The molecule has 0 aliphatic heterocycles. The molecule has 0 spiro atoms. The van der Waals surface area contributed by atoms with E-state index < -0.39 is 0 Å². The molecule has 3 nitrogen and oxygen atoms in total. The van der Waals surface area contributed by atoms with E-state index in [0.29, 0.717) is 11.2 Å². The first-order valence-electron chi connectivity index (χ1n) is 8.00. The first kappa shape index (κ1) is 15.6. The van der Waals surface area contributed by atoms with Gasteiger partial charge in [0.2, 0.25) is 0 Å². The van der Waals surface area contributed by atoms with E-state index >= 15 is 0 Å². The lowest BCUT2D eigenvalue weighted by Gasteiger charge is -2.23. The first-order chi connectivity index (χ1) is 9.70. The largest absolute Gasteiger partial charge is 0.367 e. The number of hydrogen-bond acceptors (Lipinski definition) is 3. The van der Waals surface area contributed by atoms with Crippen LogP contribution >= 0.6 is 11.6 Å². The second-order valence-corrected chi connectivity index (χ2v) is 6.20. The van der Waals surface area contributed by atoms with Crippen molar-refractivity contribution >= 4 is 17.4 Å². The summed E-state index contributed by atoms with van der Waals surface area (Å²) >= 11 is 6.24. The molecule has 1 aromatic heterocycles. The highest BCUT2D eigenvalue weighted by molar-refractivity contribution is 6.30. The maximum Gasteiger partial charge on any atom is 0.137 e. The van der Waals surface area contributed by atoms with Crippen LogP contribution in [0.15, 0.2) is 0 Å². The number of nitrogens with zero attached hydrogens (tertiary/aromatic N) is 2. The van der Waals surface area contributed by atoms with E-state index in [1.807, 2.05) is 6.92 Å². The third-order valence-corrected chi connectivity index (χ3v) is 4.42. The SMILES string of the molecule is CCCc1nc(Cl)c(C)c(NC2CCCCCCC2)n1. The van der Waals surface area contributed by atoms with Crippen molar-refractivity contribution in [3.63, 3.8) is 0 Å². The fraction of sp³-hybridized carbons (Fsp3) is 0.750. The minimum absolute atomic E-state index is 0.537. The Bertz CT molecular complexity index is 426. The maximum atomic E-state index is 6.24. The maximum absolute atomic E-state index is 6.24. The van der Waals surface area contributed by atoms with E-state index in [0.717, 1.165) is 30.0 Å². The summed E-state index contributed by atoms with van der Waals surface area (Å²) in [6, 6.07) is 0.537. The average molecular weight is 296 g/mol. The van der Waals surface area contributed by atoms with Crippen LogP contribution in [0.3, 0.4) is 0 Å². The molecule has 0 bridgehead atoms. The van der Waals surface area contributed by atoms with Crippen molar-refractivity contribution in [1.82, 2.24) is 9.97 Å². The molecular weight excluding hydrogens is 270 g/mol. The van der Waals surface area contributed by atoms with Crippen LogP contribution in [0.1, 0.15) is 69.7 Å². The van der Waals surface area contributed by atoms with E-state index in [1.54, 1.807) is 0 Å². The zero-order valence-corrected chi connectivity index (χ0v) is 13.5. The van der Waals surface area contributed by atoms with E-state index in [1.165, 1.54) is 44.9 Å². The van der Waals surface area contributed by atoms with Crippen LogP contribution in [0.25, 0.3) is 0 Å². The Labute approximate surface area is 127 Å². The summed E-state index contributed by atoms with van der Waals surface area (Å²) in [4.78, 5) is 9.03. The molecule has 20 heavy (non-hydrogen) atoms. The van der Waals surface area contributed by atoms with Crippen molar-refractivity contribution in [3.8, 4) is 0 Å². The molecule has 2 rings (SSSR count). The van der Waals surface area contributed by atoms with E-state index in [-0.39, 0.29) is 0 Å². The minimum atomic E-state index is 0.537. The Hall–Kier alpha value is -0.830. The van der Waals surface area contributed by atoms with Gasteiger partial charge in [0.1, 0.15) is 16.8 Å². The second-order valence-electron chi connectivity index (χ2n) is 5.84. The number of aromatic nitrogens is 2. The Morgan fingerprint density at radius 2 is 1.75 bits per heavy atom. The highest BCUT2D eigenvalue weighted by Crippen LogP contribution is 2.24. The summed E-state index contributed by atoms with van der Waals surface area (Å²) < 4.78 is 0. The lowest BCUT2D eigenvalue weighted by atomic mass is 9.96. The Morgan fingerprint density at radius 1 is 1.10 bits per heavy atom. The number of aryl methyl sites for hydroxylation is 1. The molecule has 1 heterocycles. The third-order valence-electron chi connectivity index (χ3n) is 4.05. The van der Waals surface area contributed by atoms with Gasteiger partial charge in [0.25, 0.3) is 0 Å². The van der Waals surface area contributed by atoms with Gasteiger partial charge < -0.3 is 5.32 Å². The molecule has 112 valence electrons. The van der Waals surface area contributed by atoms with Crippen LogP contribution < -0.4 is 5.32 Å². The van der Waals surface area contributed by atoms with Gasteiger partial charge in [0.05, 0.1) is 0 Å². The quantitative estimate of drug-likeness (QED) is 0.802. The van der Waals surface area contributed by atoms with E-state index in [9.17, 15) is 0 Å². The summed E-state index contributed by atoms with van der Waals surface area (Å²) in [5.74, 6) is 1.80. The van der Waals surface area contributed by atoms with Crippen LogP contribution in [-0.4, -0.2) is 16.0 Å². The molecule has 1 fully saturated rings. The lowest BCUT2D eigenvalue weighted by molar-refractivity contribution is 0.470. The molecule has 1 N–H and O–H groups in total. The van der Waals surface area contributed by atoms with Gasteiger partial charge in [-0.05, 0) is 26.2 Å². The number of hydrogen-bond donors (Lipinski definition) is 1. The normalized spacial score (nSPS) is 17.6. The lowest BCUT2D eigenvalue weighted by Crippen LogP contribution is -2.22. The number of nitrogens with one attached hydrogen (secondary N) is 1. The molecule has 0 atom stereocenters.